The molecule has 0 saturated heterocycles. The van der Waals surface area contributed by atoms with Crippen LogP contribution in [-0.2, 0) is 4.79 Å². The number of fused-ring (bicyclic) bond motifs is 1. The fraction of sp³-hybridized carbons (Fsp3) is 0.222. The Morgan fingerprint density at radius 2 is 1.96 bits per heavy atom. The minimum absolute atomic E-state index is 0.193. The van der Waals surface area contributed by atoms with Gasteiger partial charge in [0.25, 0.3) is 5.91 Å². The molecule has 0 bridgehead atoms. The summed E-state index contributed by atoms with van der Waals surface area (Å²) >= 11 is 1.30. The van der Waals surface area contributed by atoms with E-state index in [1.807, 2.05) is 51.1 Å². The summed E-state index contributed by atoms with van der Waals surface area (Å²) in [5.41, 5.74) is 7.37. The molecule has 2 aromatic heterocycles. The van der Waals surface area contributed by atoms with Gasteiger partial charge in [0.15, 0.2) is 5.16 Å². The quantitative estimate of drug-likeness (QED) is 0.319. The number of carbonyl (C=O) groups is 1. The van der Waals surface area contributed by atoms with Crippen LogP contribution in [-0.4, -0.2) is 32.8 Å². The van der Waals surface area contributed by atoms with Gasteiger partial charge in [0.05, 0.1) is 12.0 Å². The average molecular weight is 353 g/mol. The second-order valence-corrected chi connectivity index (χ2v) is 6.67. The van der Waals surface area contributed by atoms with Crippen molar-refractivity contribution in [3.63, 3.8) is 0 Å². The lowest BCUT2D eigenvalue weighted by Gasteiger charge is -2.02. The van der Waals surface area contributed by atoms with Crippen LogP contribution in [0.3, 0.4) is 0 Å². The Kier molecular flexibility index (Phi) is 5.14. The number of rotatable bonds is 5. The molecule has 2 N–H and O–H groups in total. The SMILES string of the molecule is Cc1cc(C)nc(SCC(=O)NN=Cc2c(C)[nH]c3ccccc23)n1. The van der Waals surface area contributed by atoms with E-state index in [1.165, 1.54) is 11.8 Å². The van der Waals surface area contributed by atoms with Gasteiger partial charge in [-0.1, -0.05) is 30.0 Å². The molecule has 128 valence electrons. The van der Waals surface area contributed by atoms with Gasteiger partial charge in [0.1, 0.15) is 0 Å². The second kappa shape index (κ2) is 7.48. The summed E-state index contributed by atoms with van der Waals surface area (Å²) in [7, 11) is 0. The van der Waals surface area contributed by atoms with Crippen LogP contribution in [0.5, 0.6) is 0 Å². The van der Waals surface area contributed by atoms with Crippen molar-refractivity contribution in [2.24, 2.45) is 5.10 Å². The van der Waals surface area contributed by atoms with Gasteiger partial charge in [-0.3, -0.25) is 4.79 Å². The van der Waals surface area contributed by atoms with Crippen LogP contribution in [0.2, 0.25) is 0 Å². The molecule has 0 unspecified atom stereocenters. The molecule has 0 aliphatic rings. The Morgan fingerprint density at radius 1 is 1.24 bits per heavy atom. The Labute approximate surface area is 150 Å². The van der Waals surface area contributed by atoms with E-state index in [0.717, 1.165) is 33.5 Å². The molecule has 0 fully saturated rings. The number of benzene rings is 1. The van der Waals surface area contributed by atoms with E-state index in [0.29, 0.717) is 5.16 Å². The number of aromatic amines is 1. The molecule has 0 saturated carbocycles. The molecule has 1 amide bonds. The van der Waals surface area contributed by atoms with Crippen molar-refractivity contribution in [3.8, 4) is 0 Å². The highest BCUT2D eigenvalue weighted by molar-refractivity contribution is 7.99. The monoisotopic (exact) mass is 353 g/mol. The van der Waals surface area contributed by atoms with Crippen LogP contribution < -0.4 is 5.43 Å². The van der Waals surface area contributed by atoms with E-state index in [2.05, 4.69) is 25.5 Å². The van der Waals surface area contributed by atoms with Crippen LogP contribution in [0.25, 0.3) is 10.9 Å². The lowest BCUT2D eigenvalue weighted by molar-refractivity contribution is -0.118. The van der Waals surface area contributed by atoms with Crippen LogP contribution in [0.4, 0.5) is 0 Å². The van der Waals surface area contributed by atoms with Gasteiger partial charge in [-0.05, 0) is 32.9 Å². The zero-order valence-electron chi connectivity index (χ0n) is 14.3. The first-order valence-corrected chi connectivity index (χ1v) is 8.86. The van der Waals surface area contributed by atoms with Crippen molar-refractivity contribution < 1.29 is 4.79 Å². The van der Waals surface area contributed by atoms with Crippen LogP contribution in [0, 0.1) is 20.8 Å². The molecule has 1 aromatic carbocycles. The number of hydrogen-bond acceptors (Lipinski definition) is 5. The Bertz CT molecular complexity index is 928. The Morgan fingerprint density at radius 3 is 2.72 bits per heavy atom. The maximum absolute atomic E-state index is 12.0. The number of aryl methyl sites for hydroxylation is 3. The fourth-order valence-corrected chi connectivity index (χ4v) is 3.30. The smallest absolute Gasteiger partial charge is 0.250 e. The number of para-hydroxylation sites is 1. The largest absolute Gasteiger partial charge is 0.358 e. The molecular formula is C18H19N5OS. The summed E-state index contributed by atoms with van der Waals surface area (Å²) in [6.07, 6.45) is 1.67. The van der Waals surface area contributed by atoms with Gasteiger partial charge in [0.2, 0.25) is 0 Å². The van der Waals surface area contributed by atoms with Gasteiger partial charge >= 0.3 is 0 Å². The maximum Gasteiger partial charge on any atom is 0.250 e. The van der Waals surface area contributed by atoms with Gasteiger partial charge < -0.3 is 4.98 Å². The van der Waals surface area contributed by atoms with E-state index in [9.17, 15) is 4.79 Å². The van der Waals surface area contributed by atoms with Crippen LogP contribution >= 0.6 is 11.8 Å². The van der Waals surface area contributed by atoms with Crippen molar-refractivity contribution in [1.29, 1.82) is 0 Å². The highest BCUT2D eigenvalue weighted by Gasteiger charge is 2.07. The molecule has 7 heteroatoms. The number of H-pyrrole nitrogens is 1. The van der Waals surface area contributed by atoms with E-state index in [4.69, 9.17) is 0 Å². The maximum atomic E-state index is 12.0. The fourth-order valence-electron chi connectivity index (χ4n) is 2.55. The van der Waals surface area contributed by atoms with Crippen molar-refractivity contribution in [2.75, 3.05) is 5.75 Å². The first-order chi connectivity index (χ1) is 12.0. The first-order valence-electron chi connectivity index (χ1n) is 7.87. The standard InChI is InChI=1S/C18H19N5OS/c1-11-8-12(2)21-18(20-11)25-10-17(24)23-19-9-15-13(3)22-16-7-5-4-6-14(15)16/h4-9,22H,10H2,1-3H3,(H,23,24). The van der Waals surface area contributed by atoms with Gasteiger partial charge in [-0.2, -0.15) is 5.10 Å². The zero-order valence-corrected chi connectivity index (χ0v) is 15.1. The molecule has 0 radical (unpaired) electrons. The normalized spacial score (nSPS) is 11.3. The number of carbonyl (C=O) groups excluding carboxylic acids is 1. The summed E-state index contributed by atoms with van der Waals surface area (Å²) in [5.74, 6) is 0.0223. The highest BCUT2D eigenvalue weighted by atomic mass is 32.2. The molecule has 0 spiro atoms. The molecule has 25 heavy (non-hydrogen) atoms. The van der Waals surface area contributed by atoms with Gasteiger partial charge in [0, 0.05) is 33.5 Å². The molecule has 0 atom stereocenters. The molecule has 0 aliphatic carbocycles. The summed E-state index contributed by atoms with van der Waals surface area (Å²) < 4.78 is 0. The number of aromatic nitrogens is 3. The molecule has 3 rings (SSSR count). The highest BCUT2D eigenvalue weighted by Crippen LogP contribution is 2.19. The molecular weight excluding hydrogens is 334 g/mol. The summed E-state index contributed by atoms with van der Waals surface area (Å²) in [5, 5.41) is 5.75. The number of nitrogens with one attached hydrogen (secondary N) is 2. The van der Waals surface area contributed by atoms with Crippen LogP contribution in [0.15, 0.2) is 40.6 Å². The molecule has 6 nitrogen and oxygen atoms in total. The number of nitrogens with zero attached hydrogens (tertiary/aromatic N) is 3. The minimum Gasteiger partial charge on any atom is -0.358 e. The van der Waals surface area contributed by atoms with E-state index < -0.39 is 0 Å². The number of hydrogen-bond donors (Lipinski definition) is 2. The predicted molar refractivity (Wildman–Crippen MR) is 101 cm³/mol. The number of hydrazone groups is 1. The average Bonchev–Trinajstić information content (AvgIpc) is 2.88. The Balaban J connectivity index is 1.60. The summed E-state index contributed by atoms with van der Waals surface area (Å²) in [6, 6.07) is 9.89. The predicted octanol–water partition coefficient (Wildman–Crippen LogP) is 3.13. The summed E-state index contributed by atoms with van der Waals surface area (Å²) in [4.78, 5) is 23.9. The van der Waals surface area contributed by atoms with E-state index >= 15 is 0 Å². The van der Waals surface area contributed by atoms with Crippen molar-refractivity contribution in [2.45, 2.75) is 25.9 Å². The lowest BCUT2D eigenvalue weighted by atomic mass is 10.1. The minimum atomic E-state index is -0.193. The third kappa shape index (κ3) is 4.24. The van der Waals surface area contributed by atoms with E-state index in [1.54, 1.807) is 6.21 Å². The third-order valence-electron chi connectivity index (χ3n) is 3.62. The first kappa shape index (κ1) is 17.2. The Hall–Kier alpha value is -2.67. The van der Waals surface area contributed by atoms with Gasteiger partial charge in [-0.15, -0.1) is 0 Å². The van der Waals surface area contributed by atoms with E-state index in [-0.39, 0.29) is 11.7 Å². The number of amides is 1. The molecule has 2 heterocycles. The topological polar surface area (TPSA) is 83.0 Å². The van der Waals surface area contributed by atoms with Crippen LogP contribution in [0.1, 0.15) is 22.6 Å². The lowest BCUT2D eigenvalue weighted by Crippen LogP contribution is -2.19. The molecule has 3 aromatic rings. The zero-order chi connectivity index (χ0) is 17.8. The number of thioether (sulfide) groups is 1. The second-order valence-electron chi connectivity index (χ2n) is 5.72. The van der Waals surface area contributed by atoms with Crippen molar-refractivity contribution >= 4 is 34.8 Å². The molecule has 0 aliphatic heterocycles. The third-order valence-corrected chi connectivity index (χ3v) is 4.47. The van der Waals surface area contributed by atoms with Crippen molar-refractivity contribution in [1.82, 2.24) is 20.4 Å². The van der Waals surface area contributed by atoms with Crippen molar-refractivity contribution in [3.05, 3.63) is 53.0 Å². The summed E-state index contributed by atoms with van der Waals surface area (Å²) in [6.45, 7) is 5.80. The van der Waals surface area contributed by atoms with Gasteiger partial charge in [-0.25, -0.2) is 15.4 Å².